The number of aryl methyl sites for hydroxylation is 1. The maximum Gasteiger partial charge on any atom is 0.257 e. The van der Waals surface area contributed by atoms with Crippen LogP contribution in [0, 0.1) is 6.92 Å². The maximum atomic E-state index is 11.7. The average molecular weight is 189 g/mol. The molecule has 14 heavy (non-hydrogen) atoms. The van der Waals surface area contributed by atoms with E-state index in [4.69, 9.17) is 4.74 Å². The van der Waals surface area contributed by atoms with E-state index >= 15 is 0 Å². The summed E-state index contributed by atoms with van der Waals surface area (Å²) >= 11 is 0. The van der Waals surface area contributed by atoms with E-state index in [0.717, 1.165) is 11.3 Å². The summed E-state index contributed by atoms with van der Waals surface area (Å²) in [5.74, 6) is 0. The molecule has 1 aromatic rings. The van der Waals surface area contributed by atoms with Crippen LogP contribution in [-0.2, 0) is 4.74 Å². The number of rotatable bonds is 1. The quantitative estimate of drug-likeness (QED) is 0.671. The second-order valence-electron chi connectivity index (χ2n) is 3.13. The topological polar surface area (TPSA) is 31.2 Å². The predicted molar refractivity (Wildman–Crippen MR) is 54.8 cm³/mol. The van der Waals surface area contributed by atoms with Crippen LogP contribution in [0.3, 0.4) is 0 Å². The molecule has 0 spiro atoms. The number of pyridine rings is 1. The largest absolute Gasteiger partial charge is 0.497 e. The second-order valence-corrected chi connectivity index (χ2v) is 3.13. The number of ether oxygens (including phenoxy) is 1. The molecule has 72 valence electrons. The number of aromatic nitrogens is 1. The van der Waals surface area contributed by atoms with E-state index < -0.39 is 0 Å². The molecular formula is C11H11NO2. The first-order valence-electron chi connectivity index (χ1n) is 4.46. The minimum absolute atomic E-state index is 0.0188. The van der Waals surface area contributed by atoms with Crippen molar-refractivity contribution in [2.45, 2.75) is 6.92 Å². The third kappa shape index (κ3) is 1.48. The van der Waals surface area contributed by atoms with Gasteiger partial charge in [-0.3, -0.25) is 9.36 Å². The van der Waals surface area contributed by atoms with Crippen molar-refractivity contribution in [1.82, 2.24) is 4.57 Å². The molecule has 0 aliphatic carbocycles. The van der Waals surface area contributed by atoms with Crippen LogP contribution in [0.25, 0.3) is 5.70 Å². The van der Waals surface area contributed by atoms with E-state index in [-0.39, 0.29) is 5.56 Å². The zero-order chi connectivity index (χ0) is 9.97. The van der Waals surface area contributed by atoms with Crippen LogP contribution in [-0.4, -0.2) is 11.2 Å². The van der Waals surface area contributed by atoms with Gasteiger partial charge in [0.25, 0.3) is 5.56 Å². The molecule has 1 aromatic heterocycles. The van der Waals surface area contributed by atoms with E-state index in [9.17, 15) is 4.79 Å². The van der Waals surface area contributed by atoms with Gasteiger partial charge in [0.2, 0.25) is 0 Å². The summed E-state index contributed by atoms with van der Waals surface area (Å²) in [6.45, 7) is 2.33. The maximum absolute atomic E-state index is 11.7. The molecule has 1 aliphatic heterocycles. The van der Waals surface area contributed by atoms with Crippen molar-refractivity contribution >= 4 is 5.70 Å². The van der Waals surface area contributed by atoms with E-state index in [0.29, 0.717) is 6.61 Å². The molecule has 0 bridgehead atoms. The Morgan fingerprint density at radius 1 is 1.50 bits per heavy atom. The van der Waals surface area contributed by atoms with Gasteiger partial charge in [0.05, 0.1) is 12.0 Å². The molecule has 0 unspecified atom stereocenters. The number of allylic oxidation sites excluding steroid dienone is 2. The highest BCUT2D eigenvalue weighted by atomic mass is 16.5. The Hall–Kier alpha value is -1.77. The summed E-state index contributed by atoms with van der Waals surface area (Å²) in [5.41, 5.74) is 1.63. The zero-order valence-corrected chi connectivity index (χ0v) is 7.93. The number of hydrogen-bond acceptors (Lipinski definition) is 2. The molecule has 3 nitrogen and oxygen atoms in total. The predicted octanol–water partition coefficient (Wildman–Crippen LogP) is 1.54. The van der Waals surface area contributed by atoms with Crippen LogP contribution in [0.5, 0.6) is 0 Å². The average Bonchev–Trinajstić information content (AvgIpc) is 2.23. The summed E-state index contributed by atoms with van der Waals surface area (Å²) in [5, 5.41) is 0. The fraction of sp³-hybridized carbons (Fsp3) is 0.182. The highest BCUT2D eigenvalue weighted by molar-refractivity contribution is 5.57. The van der Waals surface area contributed by atoms with Gasteiger partial charge in [-0.15, -0.1) is 0 Å². The molecule has 0 saturated heterocycles. The number of nitrogens with zero attached hydrogens (tertiary/aromatic N) is 1. The standard InChI is InChI=1S/C11H11NO2/c1-9-3-2-6-12(11(9)13)10-4-7-14-8-5-10/h2-7H,8H2,1H3. The zero-order valence-electron chi connectivity index (χ0n) is 7.93. The van der Waals surface area contributed by atoms with Crippen molar-refractivity contribution in [2.75, 3.05) is 6.61 Å². The van der Waals surface area contributed by atoms with Crippen LogP contribution in [0.15, 0.2) is 41.5 Å². The smallest absolute Gasteiger partial charge is 0.257 e. The normalized spacial score (nSPS) is 14.8. The molecule has 0 fully saturated rings. The SMILES string of the molecule is Cc1cccn(C2=CCOC=C2)c1=O. The van der Waals surface area contributed by atoms with E-state index in [1.54, 1.807) is 23.1 Å². The molecule has 0 amide bonds. The summed E-state index contributed by atoms with van der Waals surface area (Å²) in [4.78, 5) is 11.7. The molecule has 0 N–H and O–H groups in total. The van der Waals surface area contributed by atoms with Gasteiger partial charge in [0.1, 0.15) is 6.61 Å². The van der Waals surface area contributed by atoms with Crippen LogP contribution in [0.4, 0.5) is 0 Å². The van der Waals surface area contributed by atoms with E-state index in [1.165, 1.54) is 0 Å². The summed E-state index contributed by atoms with van der Waals surface area (Å²) in [6.07, 6.45) is 7.02. The van der Waals surface area contributed by atoms with Crippen LogP contribution < -0.4 is 5.56 Å². The van der Waals surface area contributed by atoms with Gasteiger partial charge in [-0.1, -0.05) is 6.07 Å². The van der Waals surface area contributed by atoms with Crippen LogP contribution >= 0.6 is 0 Å². The summed E-state index contributed by atoms with van der Waals surface area (Å²) < 4.78 is 6.64. The first kappa shape index (κ1) is 8.81. The third-order valence-corrected chi connectivity index (χ3v) is 2.14. The Labute approximate surface area is 81.9 Å². The van der Waals surface area contributed by atoms with Crippen molar-refractivity contribution in [3.05, 3.63) is 52.7 Å². The van der Waals surface area contributed by atoms with Gasteiger partial charge in [-0.25, -0.2) is 0 Å². The van der Waals surface area contributed by atoms with Crippen molar-refractivity contribution in [2.24, 2.45) is 0 Å². The third-order valence-electron chi connectivity index (χ3n) is 2.14. The van der Waals surface area contributed by atoms with Gasteiger partial charge >= 0.3 is 0 Å². The molecule has 1 aliphatic rings. The molecule has 0 atom stereocenters. The van der Waals surface area contributed by atoms with Gasteiger partial charge in [0.15, 0.2) is 0 Å². The fourth-order valence-electron chi connectivity index (χ4n) is 1.36. The summed E-state index contributed by atoms with van der Waals surface area (Å²) in [7, 11) is 0. The lowest BCUT2D eigenvalue weighted by Crippen LogP contribution is -2.20. The molecule has 3 heteroatoms. The number of hydrogen-bond donors (Lipinski definition) is 0. The Morgan fingerprint density at radius 2 is 2.36 bits per heavy atom. The van der Waals surface area contributed by atoms with Crippen LogP contribution in [0.2, 0.25) is 0 Å². The fourth-order valence-corrected chi connectivity index (χ4v) is 1.36. The van der Waals surface area contributed by atoms with Crippen molar-refractivity contribution in [3.63, 3.8) is 0 Å². The minimum atomic E-state index is 0.0188. The minimum Gasteiger partial charge on any atom is -0.497 e. The van der Waals surface area contributed by atoms with Gasteiger partial charge < -0.3 is 4.74 Å². The van der Waals surface area contributed by atoms with Crippen molar-refractivity contribution in [3.8, 4) is 0 Å². The van der Waals surface area contributed by atoms with Crippen molar-refractivity contribution in [1.29, 1.82) is 0 Å². The first-order valence-corrected chi connectivity index (χ1v) is 4.46. The lowest BCUT2D eigenvalue weighted by Gasteiger charge is -2.10. The molecule has 2 rings (SSSR count). The highest BCUT2D eigenvalue weighted by Crippen LogP contribution is 2.08. The van der Waals surface area contributed by atoms with Crippen LogP contribution in [0.1, 0.15) is 5.56 Å². The Bertz CT molecular complexity index is 455. The lowest BCUT2D eigenvalue weighted by atomic mass is 10.3. The summed E-state index contributed by atoms with van der Waals surface area (Å²) in [6, 6.07) is 3.67. The molecule has 0 radical (unpaired) electrons. The highest BCUT2D eigenvalue weighted by Gasteiger charge is 2.03. The van der Waals surface area contributed by atoms with Gasteiger partial charge in [-0.05, 0) is 25.1 Å². The van der Waals surface area contributed by atoms with Crippen molar-refractivity contribution < 1.29 is 4.74 Å². The lowest BCUT2D eigenvalue weighted by molar-refractivity contribution is 0.286. The molecule has 2 heterocycles. The molecular weight excluding hydrogens is 178 g/mol. The Balaban J connectivity index is 2.51. The van der Waals surface area contributed by atoms with Gasteiger partial charge in [-0.2, -0.15) is 0 Å². The van der Waals surface area contributed by atoms with Gasteiger partial charge in [0, 0.05) is 11.8 Å². The van der Waals surface area contributed by atoms with E-state index in [2.05, 4.69) is 0 Å². The second kappa shape index (κ2) is 3.54. The first-order chi connectivity index (χ1) is 6.79. The Morgan fingerprint density at radius 3 is 3.07 bits per heavy atom. The molecule has 0 saturated carbocycles. The Kier molecular flexibility index (Phi) is 2.23. The molecule has 0 aromatic carbocycles. The van der Waals surface area contributed by atoms with E-state index in [1.807, 2.05) is 25.1 Å². The monoisotopic (exact) mass is 189 g/mol.